The molecular formula is C14H17N3O2S. The molecule has 0 bridgehead atoms. The molecule has 0 aliphatic rings. The van der Waals surface area contributed by atoms with Crippen molar-refractivity contribution in [3.05, 3.63) is 34.8 Å². The molecule has 0 radical (unpaired) electrons. The van der Waals surface area contributed by atoms with Crippen LogP contribution in [0.2, 0.25) is 0 Å². The van der Waals surface area contributed by atoms with Crippen LogP contribution in [0.1, 0.15) is 30.3 Å². The van der Waals surface area contributed by atoms with Crippen molar-refractivity contribution in [2.24, 2.45) is 0 Å². The molecule has 0 saturated heterocycles. The third-order valence-corrected chi connectivity index (χ3v) is 3.68. The lowest BCUT2D eigenvalue weighted by atomic mass is 10.2. The molecule has 0 aliphatic heterocycles. The second-order valence-corrected chi connectivity index (χ2v) is 5.76. The summed E-state index contributed by atoms with van der Waals surface area (Å²) in [5, 5.41) is 12.0. The number of rotatable bonds is 5. The zero-order chi connectivity index (χ0) is 14.5. The zero-order valence-electron chi connectivity index (χ0n) is 11.7. The smallest absolute Gasteiger partial charge is 0.264 e. The van der Waals surface area contributed by atoms with Gasteiger partial charge in [-0.2, -0.15) is 0 Å². The largest absolute Gasteiger partial charge is 0.484 e. The molecular weight excluding hydrogens is 274 g/mol. The van der Waals surface area contributed by atoms with E-state index in [9.17, 15) is 4.79 Å². The van der Waals surface area contributed by atoms with E-state index in [0.717, 1.165) is 10.6 Å². The van der Waals surface area contributed by atoms with Gasteiger partial charge in [0, 0.05) is 5.92 Å². The molecule has 6 heteroatoms. The average Bonchev–Trinajstić information content (AvgIpc) is 2.85. The Hall–Kier alpha value is -1.95. The van der Waals surface area contributed by atoms with Crippen LogP contribution < -0.4 is 10.1 Å². The number of hydrogen-bond donors (Lipinski definition) is 1. The Kier molecular flexibility index (Phi) is 4.68. The van der Waals surface area contributed by atoms with Crippen molar-refractivity contribution in [2.45, 2.75) is 26.7 Å². The first-order valence-corrected chi connectivity index (χ1v) is 7.19. The second kappa shape index (κ2) is 6.47. The van der Waals surface area contributed by atoms with Gasteiger partial charge in [0.05, 0.1) is 0 Å². The van der Waals surface area contributed by atoms with Gasteiger partial charge in [0.2, 0.25) is 5.13 Å². The van der Waals surface area contributed by atoms with Crippen molar-refractivity contribution in [1.29, 1.82) is 0 Å². The number of benzene rings is 1. The number of nitrogens with one attached hydrogen (secondary N) is 1. The van der Waals surface area contributed by atoms with Gasteiger partial charge < -0.3 is 4.74 Å². The molecule has 0 fully saturated rings. The maximum atomic E-state index is 11.8. The van der Waals surface area contributed by atoms with Crippen molar-refractivity contribution >= 4 is 22.4 Å². The minimum Gasteiger partial charge on any atom is -0.484 e. The molecule has 1 aromatic heterocycles. The summed E-state index contributed by atoms with van der Waals surface area (Å²) >= 11 is 1.38. The van der Waals surface area contributed by atoms with Crippen LogP contribution in [0.15, 0.2) is 24.3 Å². The number of aromatic nitrogens is 2. The quantitative estimate of drug-likeness (QED) is 0.919. The van der Waals surface area contributed by atoms with E-state index >= 15 is 0 Å². The summed E-state index contributed by atoms with van der Waals surface area (Å²) in [7, 11) is 0. The highest BCUT2D eigenvalue weighted by Gasteiger charge is 2.10. The molecule has 2 rings (SSSR count). The minimum absolute atomic E-state index is 0.0416. The number of aryl methyl sites for hydroxylation is 1. The maximum Gasteiger partial charge on any atom is 0.264 e. The van der Waals surface area contributed by atoms with Gasteiger partial charge in [0.1, 0.15) is 10.8 Å². The summed E-state index contributed by atoms with van der Waals surface area (Å²) in [6, 6.07) is 7.57. The molecule has 0 saturated carbocycles. The van der Waals surface area contributed by atoms with Crippen LogP contribution in [0.4, 0.5) is 5.13 Å². The molecule has 1 amide bonds. The van der Waals surface area contributed by atoms with E-state index in [1.807, 2.05) is 45.0 Å². The molecule has 0 aliphatic carbocycles. The predicted molar refractivity (Wildman–Crippen MR) is 79.3 cm³/mol. The summed E-state index contributed by atoms with van der Waals surface area (Å²) < 4.78 is 5.42. The Bertz CT molecular complexity index is 596. The van der Waals surface area contributed by atoms with Crippen LogP contribution in [-0.2, 0) is 4.79 Å². The van der Waals surface area contributed by atoms with Gasteiger partial charge >= 0.3 is 0 Å². The predicted octanol–water partition coefficient (Wildman–Crippen LogP) is 2.99. The lowest BCUT2D eigenvalue weighted by Gasteiger charge is -2.06. The molecule has 1 aromatic carbocycles. The Morgan fingerprint density at radius 3 is 2.85 bits per heavy atom. The van der Waals surface area contributed by atoms with Gasteiger partial charge in [-0.25, -0.2) is 0 Å². The van der Waals surface area contributed by atoms with Gasteiger partial charge in [0.15, 0.2) is 6.61 Å². The van der Waals surface area contributed by atoms with Crippen molar-refractivity contribution in [3.63, 3.8) is 0 Å². The number of carbonyl (C=O) groups excluding carboxylic acids is 1. The maximum absolute atomic E-state index is 11.8. The number of amides is 1. The van der Waals surface area contributed by atoms with Crippen molar-refractivity contribution in [1.82, 2.24) is 10.2 Å². The van der Waals surface area contributed by atoms with Gasteiger partial charge in [-0.05, 0) is 24.6 Å². The zero-order valence-corrected chi connectivity index (χ0v) is 12.5. The Morgan fingerprint density at radius 2 is 2.20 bits per heavy atom. The molecule has 106 valence electrons. The Morgan fingerprint density at radius 1 is 1.40 bits per heavy atom. The summed E-state index contributed by atoms with van der Waals surface area (Å²) in [6.45, 7) is 6.00. The standard InChI is InChI=1S/C14H17N3O2S/c1-9(2)13-16-17-14(20-13)15-12(18)8-19-11-6-4-5-10(3)7-11/h4-7,9H,8H2,1-3H3,(H,15,17,18). The Balaban J connectivity index is 1.86. The minimum atomic E-state index is -0.238. The first kappa shape index (κ1) is 14.5. The van der Waals surface area contributed by atoms with E-state index < -0.39 is 0 Å². The van der Waals surface area contributed by atoms with E-state index in [1.165, 1.54) is 11.3 Å². The molecule has 0 atom stereocenters. The van der Waals surface area contributed by atoms with E-state index in [2.05, 4.69) is 15.5 Å². The van der Waals surface area contributed by atoms with Crippen LogP contribution in [0.5, 0.6) is 5.75 Å². The second-order valence-electron chi connectivity index (χ2n) is 4.75. The summed E-state index contributed by atoms with van der Waals surface area (Å²) in [6.07, 6.45) is 0. The van der Waals surface area contributed by atoms with Crippen molar-refractivity contribution < 1.29 is 9.53 Å². The number of nitrogens with zero attached hydrogens (tertiary/aromatic N) is 2. The molecule has 5 nitrogen and oxygen atoms in total. The normalized spacial score (nSPS) is 10.6. The lowest BCUT2D eigenvalue weighted by Crippen LogP contribution is -2.20. The molecule has 1 heterocycles. The first-order chi connectivity index (χ1) is 9.54. The van der Waals surface area contributed by atoms with Gasteiger partial charge in [-0.15, -0.1) is 10.2 Å². The third kappa shape index (κ3) is 4.03. The van der Waals surface area contributed by atoms with E-state index in [-0.39, 0.29) is 12.5 Å². The van der Waals surface area contributed by atoms with Crippen LogP contribution in [-0.4, -0.2) is 22.7 Å². The van der Waals surface area contributed by atoms with Gasteiger partial charge in [-0.3, -0.25) is 10.1 Å². The Labute approximate surface area is 122 Å². The fourth-order valence-electron chi connectivity index (χ4n) is 1.53. The summed E-state index contributed by atoms with van der Waals surface area (Å²) in [5.74, 6) is 0.750. The van der Waals surface area contributed by atoms with Crippen LogP contribution in [0.25, 0.3) is 0 Å². The molecule has 0 unspecified atom stereocenters. The number of anilines is 1. The average molecular weight is 291 g/mol. The highest BCUT2D eigenvalue weighted by Crippen LogP contribution is 2.22. The van der Waals surface area contributed by atoms with E-state index in [4.69, 9.17) is 4.74 Å². The summed E-state index contributed by atoms with van der Waals surface area (Å²) in [5.41, 5.74) is 1.09. The lowest BCUT2D eigenvalue weighted by molar-refractivity contribution is -0.118. The fraction of sp³-hybridized carbons (Fsp3) is 0.357. The van der Waals surface area contributed by atoms with Crippen molar-refractivity contribution in [3.8, 4) is 5.75 Å². The van der Waals surface area contributed by atoms with E-state index in [1.54, 1.807) is 0 Å². The highest BCUT2D eigenvalue weighted by molar-refractivity contribution is 7.15. The topological polar surface area (TPSA) is 64.1 Å². The number of hydrogen-bond acceptors (Lipinski definition) is 5. The first-order valence-electron chi connectivity index (χ1n) is 6.37. The number of ether oxygens (including phenoxy) is 1. The molecule has 2 aromatic rings. The van der Waals surface area contributed by atoms with Crippen LogP contribution >= 0.6 is 11.3 Å². The van der Waals surface area contributed by atoms with Crippen LogP contribution in [0, 0.1) is 6.92 Å². The number of carbonyl (C=O) groups is 1. The monoisotopic (exact) mass is 291 g/mol. The van der Waals surface area contributed by atoms with Gasteiger partial charge in [-0.1, -0.05) is 37.3 Å². The molecule has 20 heavy (non-hydrogen) atoms. The third-order valence-electron chi connectivity index (χ3n) is 2.54. The van der Waals surface area contributed by atoms with E-state index in [0.29, 0.717) is 16.8 Å². The fourth-order valence-corrected chi connectivity index (χ4v) is 2.29. The van der Waals surface area contributed by atoms with Crippen molar-refractivity contribution in [2.75, 3.05) is 11.9 Å². The molecule has 0 spiro atoms. The summed E-state index contributed by atoms with van der Waals surface area (Å²) in [4.78, 5) is 11.8. The molecule has 1 N–H and O–H groups in total. The van der Waals surface area contributed by atoms with Gasteiger partial charge in [0.25, 0.3) is 5.91 Å². The highest BCUT2D eigenvalue weighted by atomic mass is 32.1. The van der Waals surface area contributed by atoms with Crippen LogP contribution in [0.3, 0.4) is 0 Å². The SMILES string of the molecule is Cc1cccc(OCC(=O)Nc2nnc(C(C)C)s2)c1.